The number of rotatable bonds is 1. The average molecular weight is 279 g/mol. The molecule has 0 aliphatic carbocycles. The van der Waals surface area contributed by atoms with E-state index in [0.717, 1.165) is 16.2 Å². The van der Waals surface area contributed by atoms with Crippen LogP contribution in [-0.4, -0.2) is 18.3 Å². The summed E-state index contributed by atoms with van der Waals surface area (Å²) in [7, 11) is -0.430. The Hall–Kier alpha value is -1.83. The molecule has 21 heavy (non-hydrogen) atoms. The molecule has 1 aliphatic rings. The molecular formula is C17H18BNO2. The van der Waals surface area contributed by atoms with Gasteiger partial charge in [0, 0.05) is 0 Å². The van der Waals surface area contributed by atoms with Gasteiger partial charge in [0.2, 0.25) is 0 Å². The van der Waals surface area contributed by atoms with Gasteiger partial charge in [-0.3, -0.25) is 0 Å². The van der Waals surface area contributed by atoms with E-state index >= 15 is 0 Å². The zero-order valence-corrected chi connectivity index (χ0v) is 12.8. The molecule has 3 nitrogen and oxygen atoms in total. The van der Waals surface area contributed by atoms with Crippen molar-refractivity contribution in [3.05, 3.63) is 47.8 Å². The smallest absolute Gasteiger partial charge is 0.399 e. The summed E-state index contributed by atoms with van der Waals surface area (Å²) in [4.78, 5) is 3.64. The molecule has 0 atom stereocenters. The second-order valence-corrected chi connectivity index (χ2v) is 6.46. The molecular weight excluding hydrogens is 261 g/mol. The van der Waals surface area contributed by atoms with E-state index in [9.17, 15) is 0 Å². The van der Waals surface area contributed by atoms with Crippen LogP contribution in [0, 0.1) is 6.57 Å². The van der Waals surface area contributed by atoms with Crippen molar-refractivity contribution in [2.45, 2.75) is 38.9 Å². The van der Waals surface area contributed by atoms with Crippen LogP contribution in [0.15, 0.2) is 36.4 Å². The lowest BCUT2D eigenvalue weighted by atomic mass is 9.78. The van der Waals surface area contributed by atoms with Gasteiger partial charge in [-0.1, -0.05) is 36.4 Å². The highest BCUT2D eigenvalue weighted by Gasteiger charge is 2.51. The Morgan fingerprint density at radius 1 is 1.00 bits per heavy atom. The Bertz CT molecular complexity index is 730. The summed E-state index contributed by atoms with van der Waals surface area (Å²) in [6.07, 6.45) is 0. The molecule has 4 heteroatoms. The van der Waals surface area contributed by atoms with Gasteiger partial charge in [-0.2, -0.15) is 0 Å². The zero-order chi connectivity index (χ0) is 15.3. The first-order valence-corrected chi connectivity index (χ1v) is 7.10. The minimum Gasteiger partial charge on any atom is -0.399 e. The topological polar surface area (TPSA) is 22.8 Å². The maximum Gasteiger partial charge on any atom is 0.493 e. The molecule has 0 N–H and O–H groups in total. The molecule has 0 amide bonds. The van der Waals surface area contributed by atoms with E-state index in [2.05, 4.69) is 4.85 Å². The predicted molar refractivity (Wildman–Crippen MR) is 85.9 cm³/mol. The molecule has 0 unspecified atom stereocenters. The first-order valence-electron chi connectivity index (χ1n) is 7.10. The van der Waals surface area contributed by atoms with Gasteiger partial charge < -0.3 is 9.31 Å². The van der Waals surface area contributed by atoms with Crippen molar-refractivity contribution < 1.29 is 9.31 Å². The van der Waals surface area contributed by atoms with Crippen molar-refractivity contribution in [1.82, 2.24) is 0 Å². The average Bonchev–Trinajstić information content (AvgIpc) is 2.66. The van der Waals surface area contributed by atoms with E-state index in [4.69, 9.17) is 15.9 Å². The number of hydrogen-bond donors (Lipinski definition) is 0. The van der Waals surface area contributed by atoms with E-state index in [1.54, 1.807) is 0 Å². The monoisotopic (exact) mass is 279 g/mol. The normalized spacial score (nSPS) is 19.7. The Labute approximate surface area is 125 Å². The quantitative estimate of drug-likeness (QED) is 0.587. The molecule has 1 saturated heterocycles. The van der Waals surface area contributed by atoms with Crippen LogP contribution in [0.25, 0.3) is 15.6 Å². The minimum atomic E-state index is -0.430. The van der Waals surface area contributed by atoms with Gasteiger partial charge in [0.25, 0.3) is 0 Å². The van der Waals surface area contributed by atoms with Crippen LogP contribution in [0.4, 0.5) is 5.69 Å². The minimum absolute atomic E-state index is 0.373. The van der Waals surface area contributed by atoms with E-state index in [1.165, 1.54) is 0 Å². The molecule has 1 fully saturated rings. The number of nitrogens with zero attached hydrogens (tertiary/aromatic N) is 1. The van der Waals surface area contributed by atoms with E-state index in [0.29, 0.717) is 5.69 Å². The van der Waals surface area contributed by atoms with E-state index < -0.39 is 7.12 Å². The van der Waals surface area contributed by atoms with Crippen LogP contribution in [0.3, 0.4) is 0 Å². The van der Waals surface area contributed by atoms with Crippen molar-refractivity contribution in [1.29, 1.82) is 0 Å². The number of benzene rings is 2. The van der Waals surface area contributed by atoms with Gasteiger partial charge in [0.15, 0.2) is 5.69 Å². The van der Waals surface area contributed by atoms with Crippen molar-refractivity contribution in [2.75, 3.05) is 0 Å². The Morgan fingerprint density at radius 2 is 1.62 bits per heavy atom. The number of fused-ring (bicyclic) bond motifs is 1. The Balaban J connectivity index is 2.09. The molecule has 0 bridgehead atoms. The van der Waals surface area contributed by atoms with Crippen molar-refractivity contribution in [3.8, 4) is 0 Å². The zero-order valence-electron chi connectivity index (χ0n) is 12.8. The summed E-state index contributed by atoms with van der Waals surface area (Å²) in [6, 6.07) is 11.8. The fourth-order valence-electron chi connectivity index (χ4n) is 2.52. The second-order valence-electron chi connectivity index (χ2n) is 6.46. The molecule has 1 aliphatic heterocycles. The highest BCUT2D eigenvalue weighted by molar-refractivity contribution is 6.62. The fourth-order valence-corrected chi connectivity index (χ4v) is 2.52. The summed E-state index contributed by atoms with van der Waals surface area (Å²) >= 11 is 0. The molecule has 2 aromatic carbocycles. The molecule has 106 valence electrons. The lowest BCUT2D eigenvalue weighted by Gasteiger charge is -2.32. The van der Waals surface area contributed by atoms with Crippen LogP contribution >= 0.6 is 0 Å². The first-order chi connectivity index (χ1) is 9.84. The SMILES string of the molecule is [C-]#[N+]c1cc(B2OC(C)(C)C(C)(C)O2)cc2ccccc12. The summed E-state index contributed by atoms with van der Waals surface area (Å²) < 4.78 is 12.1. The van der Waals surface area contributed by atoms with Gasteiger partial charge in [0.1, 0.15) is 0 Å². The highest BCUT2D eigenvalue weighted by Crippen LogP contribution is 2.37. The van der Waals surface area contributed by atoms with E-state index in [1.807, 2.05) is 64.1 Å². The maximum absolute atomic E-state index is 7.39. The van der Waals surface area contributed by atoms with Crippen molar-refractivity contribution in [2.24, 2.45) is 0 Å². The summed E-state index contributed by atoms with van der Waals surface area (Å²) in [5.41, 5.74) is 0.791. The number of hydrogen-bond acceptors (Lipinski definition) is 2. The van der Waals surface area contributed by atoms with Crippen LogP contribution in [0.1, 0.15) is 27.7 Å². The highest BCUT2D eigenvalue weighted by atomic mass is 16.7. The lowest BCUT2D eigenvalue weighted by molar-refractivity contribution is 0.00578. The first kappa shape index (κ1) is 14.1. The molecule has 0 saturated carbocycles. The molecule has 0 radical (unpaired) electrons. The largest absolute Gasteiger partial charge is 0.493 e. The van der Waals surface area contributed by atoms with Gasteiger partial charge in [-0.25, -0.2) is 4.85 Å². The summed E-state index contributed by atoms with van der Waals surface area (Å²) in [6.45, 7) is 15.5. The third-order valence-electron chi connectivity index (χ3n) is 4.51. The van der Waals surface area contributed by atoms with Gasteiger partial charge in [0.05, 0.1) is 17.8 Å². The molecule has 0 spiro atoms. The van der Waals surface area contributed by atoms with Crippen LogP contribution in [-0.2, 0) is 9.31 Å². The molecule has 1 heterocycles. The predicted octanol–water partition coefficient (Wildman–Crippen LogP) is 3.69. The lowest BCUT2D eigenvalue weighted by Crippen LogP contribution is -2.41. The van der Waals surface area contributed by atoms with Crippen LogP contribution < -0.4 is 5.46 Å². The molecule has 3 rings (SSSR count). The van der Waals surface area contributed by atoms with E-state index in [-0.39, 0.29) is 11.2 Å². The van der Waals surface area contributed by atoms with Gasteiger partial charge in [-0.05, 0) is 43.9 Å². The second kappa shape index (κ2) is 4.59. The van der Waals surface area contributed by atoms with Crippen LogP contribution in [0.5, 0.6) is 0 Å². The maximum atomic E-state index is 7.39. The summed E-state index contributed by atoms with van der Waals surface area (Å²) in [5, 5.41) is 2.00. The van der Waals surface area contributed by atoms with Crippen LogP contribution in [0.2, 0.25) is 0 Å². The molecule has 2 aromatic rings. The summed E-state index contributed by atoms with van der Waals surface area (Å²) in [5.74, 6) is 0. The Kier molecular flexibility index (Phi) is 3.09. The van der Waals surface area contributed by atoms with Gasteiger partial charge in [-0.15, -0.1) is 0 Å². The van der Waals surface area contributed by atoms with Crippen molar-refractivity contribution in [3.63, 3.8) is 0 Å². The molecule has 0 aromatic heterocycles. The fraction of sp³-hybridized carbons (Fsp3) is 0.353. The standard InChI is InChI=1S/C17H18BNO2/c1-16(2)17(3,4)21-18(20-16)13-10-12-8-6-7-9-14(12)15(11-13)19-5/h6-11H,1-4H3. The van der Waals surface area contributed by atoms with Crippen molar-refractivity contribution >= 4 is 29.0 Å². The third kappa shape index (κ3) is 2.23. The van der Waals surface area contributed by atoms with Gasteiger partial charge >= 0.3 is 7.12 Å². The Morgan fingerprint density at radius 3 is 2.24 bits per heavy atom. The third-order valence-corrected chi connectivity index (χ3v) is 4.51.